The van der Waals surface area contributed by atoms with E-state index in [2.05, 4.69) is 35.2 Å². The Kier molecular flexibility index (Phi) is 4.31. The number of hydrazone groups is 1. The number of hydrogen-bond acceptors (Lipinski definition) is 5. The Bertz CT molecular complexity index is 846. The molecule has 0 radical (unpaired) electrons. The number of aliphatic hydroxyl groups is 1. The maximum Gasteiger partial charge on any atom is 0.389 e. The molecule has 0 spiro atoms. The molecule has 0 bridgehead atoms. The van der Waals surface area contributed by atoms with Crippen molar-refractivity contribution in [3.63, 3.8) is 0 Å². The van der Waals surface area contributed by atoms with E-state index in [0.29, 0.717) is 11.8 Å². The van der Waals surface area contributed by atoms with E-state index in [1.807, 2.05) is 19.3 Å². The van der Waals surface area contributed by atoms with Crippen LogP contribution in [0.3, 0.4) is 0 Å². The molecule has 0 aromatic carbocycles. The SMILES string of the molecule is CC[C@H]1C[C@](C)(O)CC[C@@H](C)[C@@H]1C1=NNB(N)c2cnc3[nH]ccc3c21. The highest BCUT2D eigenvalue weighted by molar-refractivity contribution is 6.70. The molecule has 4 atom stereocenters. The molecule has 7 heteroatoms. The number of hydrogen-bond donors (Lipinski definition) is 4. The highest BCUT2D eigenvalue weighted by Crippen LogP contribution is 2.42. The molecule has 1 aliphatic carbocycles. The predicted molar refractivity (Wildman–Crippen MR) is 106 cm³/mol. The van der Waals surface area contributed by atoms with E-state index in [-0.39, 0.29) is 12.9 Å². The van der Waals surface area contributed by atoms with Gasteiger partial charge in [0.05, 0.1) is 11.3 Å². The first-order valence-electron chi connectivity index (χ1n) is 9.68. The average Bonchev–Trinajstić information content (AvgIpc) is 3.05. The molecule has 2 aliphatic rings. The van der Waals surface area contributed by atoms with Gasteiger partial charge in [0.2, 0.25) is 0 Å². The summed E-state index contributed by atoms with van der Waals surface area (Å²) in [6.45, 7) is 6.14. The van der Waals surface area contributed by atoms with E-state index in [0.717, 1.165) is 53.5 Å². The van der Waals surface area contributed by atoms with Gasteiger partial charge in [-0.05, 0) is 49.6 Å². The summed E-state index contributed by atoms with van der Waals surface area (Å²) in [6, 6.07) is 2.06. The molecule has 3 heterocycles. The van der Waals surface area contributed by atoms with E-state index >= 15 is 0 Å². The van der Waals surface area contributed by atoms with Crippen molar-refractivity contribution < 1.29 is 5.11 Å². The topological polar surface area (TPSA) is 99.3 Å². The lowest BCUT2D eigenvalue weighted by atomic mass is 9.64. The monoisotopic (exact) mass is 353 g/mol. The molecule has 6 nitrogen and oxygen atoms in total. The zero-order valence-electron chi connectivity index (χ0n) is 15.8. The zero-order chi connectivity index (χ0) is 18.5. The minimum absolute atomic E-state index is 0.285. The number of aromatic amines is 1. The standard InChI is InChI=1S/C19H28BN5O/c1-4-12-9-19(3,26)7-5-11(2)15(12)17-16-13-6-8-22-18(13)23-10-14(16)20(21)25-24-17/h6,8,10-12,15,25-26H,4-5,7,9,21H2,1-3H3,(H,22,23)/t11-,12+,15+,19-/m1/s1. The van der Waals surface area contributed by atoms with Crippen molar-refractivity contribution in [1.29, 1.82) is 0 Å². The lowest BCUT2D eigenvalue weighted by Crippen LogP contribution is -2.57. The van der Waals surface area contributed by atoms with E-state index in [9.17, 15) is 5.11 Å². The van der Waals surface area contributed by atoms with Gasteiger partial charge in [-0.3, -0.25) is 0 Å². The van der Waals surface area contributed by atoms with Gasteiger partial charge in [-0.25, -0.2) is 4.98 Å². The largest absolute Gasteiger partial charge is 0.390 e. The third kappa shape index (κ3) is 2.83. The molecule has 2 aromatic heterocycles. The molecule has 0 unspecified atom stereocenters. The van der Waals surface area contributed by atoms with Gasteiger partial charge < -0.3 is 21.1 Å². The molecule has 0 saturated heterocycles. The summed E-state index contributed by atoms with van der Waals surface area (Å²) in [4.78, 5) is 7.72. The van der Waals surface area contributed by atoms with Crippen molar-refractivity contribution >= 4 is 29.2 Å². The summed E-state index contributed by atoms with van der Waals surface area (Å²) in [5.74, 6) is 1.11. The van der Waals surface area contributed by atoms with Gasteiger partial charge in [-0.2, -0.15) is 5.10 Å². The molecule has 138 valence electrons. The fourth-order valence-corrected chi connectivity index (χ4v) is 4.92. The van der Waals surface area contributed by atoms with Crippen LogP contribution in [-0.4, -0.2) is 33.4 Å². The zero-order valence-corrected chi connectivity index (χ0v) is 15.8. The summed E-state index contributed by atoms with van der Waals surface area (Å²) >= 11 is 0. The quantitative estimate of drug-likeness (QED) is 0.488. The minimum atomic E-state index is -0.604. The van der Waals surface area contributed by atoms with Crippen molar-refractivity contribution in [2.24, 2.45) is 28.5 Å². The van der Waals surface area contributed by atoms with Crippen LogP contribution in [0.4, 0.5) is 0 Å². The number of pyridine rings is 1. The average molecular weight is 353 g/mol. The lowest BCUT2D eigenvalue weighted by Gasteiger charge is -2.34. The molecular formula is C19H28BN5O. The van der Waals surface area contributed by atoms with Crippen molar-refractivity contribution in [2.75, 3.05) is 0 Å². The Morgan fingerprint density at radius 3 is 3.04 bits per heavy atom. The number of fused-ring (bicyclic) bond motifs is 3. The summed E-state index contributed by atoms with van der Waals surface area (Å²) in [5, 5.41) is 19.7. The van der Waals surface area contributed by atoms with E-state index in [1.54, 1.807) is 0 Å². The minimum Gasteiger partial charge on any atom is -0.390 e. The first kappa shape index (κ1) is 17.6. The number of rotatable bonds is 2. The van der Waals surface area contributed by atoms with Crippen LogP contribution in [-0.2, 0) is 0 Å². The van der Waals surface area contributed by atoms with Crippen molar-refractivity contribution in [3.05, 3.63) is 24.0 Å². The Labute approximate surface area is 154 Å². The molecule has 1 aliphatic heterocycles. The Hall–Kier alpha value is -1.86. The fraction of sp³-hybridized carbons (Fsp3) is 0.579. The molecule has 5 N–H and O–H groups in total. The van der Waals surface area contributed by atoms with Gasteiger partial charge in [0.15, 0.2) is 0 Å². The predicted octanol–water partition coefficient (Wildman–Crippen LogP) is 1.74. The molecule has 4 rings (SSSR count). The molecule has 26 heavy (non-hydrogen) atoms. The smallest absolute Gasteiger partial charge is 0.389 e. The number of H-pyrrole nitrogens is 1. The molecule has 1 saturated carbocycles. The Balaban J connectivity index is 1.86. The second-order valence-electron chi connectivity index (χ2n) is 8.34. The van der Waals surface area contributed by atoms with Crippen molar-refractivity contribution in [3.8, 4) is 0 Å². The van der Waals surface area contributed by atoms with Gasteiger partial charge in [-0.1, -0.05) is 20.3 Å². The number of nitrogens with two attached hydrogens (primary N) is 1. The number of nitrogens with zero attached hydrogens (tertiary/aromatic N) is 2. The number of nitrogens with one attached hydrogen (secondary N) is 2. The highest BCUT2D eigenvalue weighted by atomic mass is 16.3. The van der Waals surface area contributed by atoms with Crippen LogP contribution in [0.1, 0.15) is 52.0 Å². The Morgan fingerprint density at radius 2 is 2.27 bits per heavy atom. The van der Waals surface area contributed by atoms with Crippen LogP contribution in [0.2, 0.25) is 0 Å². The van der Waals surface area contributed by atoms with Crippen LogP contribution >= 0.6 is 0 Å². The molecule has 0 amide bonds. The Morgan fingerprint density at radius 1 is 1.46 bits per heavy atom. The maximum atomic E-state index is 10.8. The van der Waals surface area contributed by atoms with Crippen LogP contribution in [0, 0.1) is 17.8 Å². The number of aromatic nitrogens is 2. The van der Waals surface area contributed by atoms with Gasteiger partial charge >= 0.3 is 6.98 Å². The lowest BCUT2D eigenvalue weighted by molar-refractivity contribution is 0.0296. The van der Waals surface area contributed by atoms with Gasteiger partial charge in [0.1, 0.15) is 5.65 Å². The second-order valence-corrected chi connectivity index (χ2v) is 8.34. The molecular weight excluding hydrogens is 325 g/mol. The summed E-state index contributed by atoms with van der Waals surface area (Å²) in [5.41, 5.74) is 9.73. The maximum absolute atomic E-state index is 10.8. The summed E-state index contributed by atoms with van der Waals surface area (Å²) in [7, 11) is 0. The van der Waals surface area contributed by atoms with Gasteiger partial charge in [0.25, 0.3) is 0 Å². The molecule has 2 aromatic rings. The summed E-state index contributed by atoms with van der Waals surface area (Å²) < 4.78 is 0. The second kappa shape index (κ2) is 6.39. The normalized spacial score (nSPS) is 32.0. The van der Waals surface area contributed by atoms with Crippen molar-refractivity contribution in [1.82, 2.24) is 15.3 Å². The summed E-state index contributed by atoms with van der Waals surface area (Å²) in [6.07, 6.45) is 7.44. The van der Waals surface area contributed by atoms with Crippen LogP contribution in [0.15, 0.2) is 23.6 Å². The third-order valence-corrected chi connectivity index (χ3v) is 6.33. The van der Waals surface area contributed by atoms with E-state index in [4.69, 9.17) is 10.7 Å². The van der Waals surface area contributed by atoms with E-state index in [1.165, 1.54) is 0 Å². The van der Waals surface area contributed by atoms with Crippen LogP contribution < -0.4 is 16.4 Å². The molecule has 1 fully saturated rings. The van der Waals surface area contributed by atoms with E-state index < -0.39 is 5.60 Å². The van der Waals surface area contributed by atoms with Gasteiger partial charge in [0, 0.05) is 29.3 Å². The first-order valence-corrected chi connectivity index (χ1v) is 9.68. The third-order valence-electron chi connectivity index (χ3n) is 6.33. The van der Waals surface area contributed by atoms with Crippen molar-refractivity contribution in [2.45, 2.75) is 52.1 Å². The van der Waals surface area contributed by atoms with Crippen LogP contribution in [0.25, 0.3) is 11.0 Å². The highest BCUT2D eigenvalue weighted by Gasteiger charge is 2.41. The van der Waals surface area contributed by atoms with Crippen LogP contribution in [0.5, 0.6) is 0 Å². The van der Waals surface area contributed by atoms with Gasteiger partial charge in [-0.15, -0.1) is 0 Å². The first-order chi connectivity index (χ1) is 12.4. The fourth-order valence-electron chi connectivity index (χ4n) is 4.92.